The van der Waals surface area contributed by atoms with Gasteiger partial charge in [-0.15, -0.1) is 0 Å². The molecule has 0 bridgehead atoms. The molecule has 0 radical (unpaired) electrons. The molecule has 1 aliphatic carbocycles. The van der Waals surface area contributed by atoms with Crippen molar-refractivity contribution in [3.63, 3.8) is 0 Å². The molecule has 1 N–H and O–H groups in total. The van der Waals surface area contributed by atoms with Crippen LogP contribution in [0.4, 0.5) is 5.69 Å². The van der Waals surface area contributed by atoms with Crippen LogP contribution >= 0.6 is 23.2 Å². The summed E-state index contributed by atoms with van der Waals surface area (Å²) in [6.45, 7) is 6.44. The lowest BCUT2D eigenvalue weighted by Gasteiger charge is -2.51. The van der Waals surface area contributed by atoms with Crippen molar-refractivity contribution in [3.05, 3.63) is 63.6 Å². The van der Waals surface area contributed by atoms with E-state index in [0.717, 1.165) is 23.2 Å². The standard InChI is InChI=1S/C24H25Cl2NO2/c1-4-23(2,3)21-13-17(28)12-19(14-6-5-7-15(25)10-14)24(21)18-9-8-16(26)11-20(18)27-22(24)29/h5-11,19,21H,4,12-13H2,1-3H3,(H,27,29). The van der Waals surface area contributed by atoms with E-state index >= 15 is 0 Å². The number of anilines is 1. The van der Waals surface area contributed by atoms with E-state index in [2.05, 4.69) is 26.1 Å². The van der Waals surface area contributed by atoms with Gasteiger partial charge in [-0.25, -0.2) is 0 Å². The monoisotopic (exact) mass is 429 g/mol. The predicted molar refractivity (Wildman–Crippen MR) is 118 cm³/mol. The van der Waals surface area contributed by atoms with Gasteiger partial charge in [-0.1, -0.05) is 68.6 Å². The van der Waals surface area contributed by atoms with Crippen molar-refractivity contribution < 1.29 is 9.59 Å². The zero-order valence-corrected chi connectivity index (χ0v) is 18.4. The van der Waals surface area contributed by atoms with E-state index < -0.39 is 5.41 Å². The fourth-order valence-corrected chi connectivity index (χ4v) is 5.74. The largest absolute Gasteiger partial charge is 0.325 e. The Morgan fingerprint density at radius 2 is 1.79 bits per heavy atom. The molecule has 3 unspecified atom stereocenters. The molecule has 1 spiro atoms. The Kier molecular flexibility index (Phi) is 5.03. The molecule has 2 aliphatic rings. The van der Waals surface area contributed by atoms with E-state index in [4.69, 9.17) is 23.2 Å². The zero-order chi connectivity index (χ0) is 21.0. The van der Waals surface area contributed by atoms with Gasteiger partial charge in [0.05, 0.1) is 5.41 Å². The molecule has 2 aromatic rings. The molecule has 1 amide bonds. The second-order valence-corrected chi connectivity index (χ2v) is 9.84. The molecule has 0 saturated heterocycles. The fourth-order valence-electron chi connectivity index (χ4n) is 5.37. The van der Waals surface area contributed by atoms with Crippen LogP contribution in [-0.4, -0.2) is 11.7 Å². The van der Waals surface area contributed by atoms with Gasteiger partial charge in [-0.2, -0.15) is 0 Å². The first kappa shape index (κ1) is 20.4. The summed E-state index contributed by atoms with van der Waals surface area (Å²) in [6, 6.07) is 13.2. The predicted octanol–water partition coefficient (Wildman–Crippen LogP) is 6.38. The van der Waals surface area contributed by atoms with Gasteiger partial charge in [0.25, 0.3) is 0 Å². The molecule has 3 nitrogen and oxygen atoms in total. The van der Waals surface area contributed by atoms with Gasteiger partial charge in [-0.05, 0) is 46.7 Å². The third kappa shape index (κ3) is 3.10. The number of hydrogen-bond donors (Lipinski definition) is 1. The average molecular weight is 430 g/mol. The first-order valence-electron chi connectivity index (χ1n) is 10.1. The van der Waals surface area contributed by atoms with Gasteiger partial charge in [-0.3, -0.25) is 9.59 Å². The van der Waals surface area contributed by atoms with E-state index in [1.54, 1.807) is 0 Å². The van der Waals surface area contributed by atoms with Crippen molar-refractivity contribution in [2.45, 2.75) is 51.4 Å². The van der Waals surface area contributed by atoms with Crippen LogP contribution in [0.2, 0.25) is 10.0 Å². The molecule has 0 aromatic heterocycles. The second kappa shape index (κ2) is 7.14. The first-order chi connectivity index (χ1) is 13.7. The van der Waals surface area contributed by atoms with Gasteiger partial charge in [0.15, 0.2) is 0 Å². The van der Waals surface area contributed by atoms with Gasteiger partial charge in [0.1, 0.15) is 5.78 Å². The lowest BCUT2D eigenvalue weighted by Crippen LogP contribution is -2.55. The highest BCUT2D eigenvalue weighted by molar-refractivity contribution is 6.31. The molecule has 3 atom stereocenters. The van der Waals surface area contributed by atoms with Crippen molar-refractivity contribution >= 4 is 40.6 Å². The molecule has 1 fully saturated rings. The maximum atomic E-state index is 13.8. The molecule has 1 heterocycles. The number of Topliss-reactive ketones (excluding diaryl/α,β-unsaturated/α-hetero) is 1. The number of halogens is 2. The Balaban J connectivity index is 2.03. The van der Waals surface area contributed by atoms with Crippen LogP contribution in [0.1, 0.15) is 57.1 Å². The van der Waals surface area contributed by atoms with Crippen LogP contribution in [-0.2, 0) is 15.0 Å². The van der Waals surface area contributed by atoms with Crippen LogP contribution in [0.15, 0.2) is 42.5 Å². The van der Waals surface area contributed by atoms with Gasteiger partial charge < -0.3 is 5.32 Å². The van der Waals surface area contributed by atoms with Crippen molar-refractivity contribution in [2.75, 3.05) is 5.32 Å². The number of nitrogens with one attached hydrogen (secondary N) is 1. The fraction of sp³-hybridized carbons (Fsp3) is 0.417. The molecule has 4 rings (SSSR count). The first-order valence-corrected chi connectivity index (χ1v) is 10.8. The molecule has 1 saturated carbocycles. The minimum atomic E-state index is -0.835. The molecule has 5 heteroatoms. The Labute approximate surface area is 181 Å². The summed E-state index contributed by atoms with van der Waals surface area (Å²) in [5, 5.41) is 4.28. The Morgan fingerprint density at radius 1 is 1.07 bits per heavy atom. The van der Waals surface area contributed by atoms with E-state index in [-0.39, 0.29) is 28.9 Å². The van der Waals surface area contributed by atoms with Crippen LogP contribution in [0.5, 0.6) is 0 Å². The lowest BCUT2D eigenvalue weighted by atomic mass is 9.49. The summed E-state index contributed by atoms with van der Waals surface area (Å²) in [6.07, 6.45) is 1.59. The number of fused-ring (bicyclic) bond motifs is 2. The average Bonchev–Trinajstić information content (AvgIpc) is 2.94. The summed E-state index contributed by atoms with van der Waals surface area (Å²) in [7, 11) is 0. The SMILES string of the molecule is CCC(C)(C)C1CC(=O)CC(c2cccc(Cl)c2)C12C(=O)Nc1cc(Cl)ccc12. The molecule has 29 heavy (non-hydrogen) atoms. The number of carbonyl (C=O) groups is 2. The number of hydrogen-bond acceptors (Lipinski definition) is 2. The third-order valence-corrected chi connectivity index (χ3v) is 7.59. The number of benzene rings is 2. The highest BCUT2D eigenvalue weighted by atomic mass is 35.5. The van der Waals surface area contributed by atoms with Crippen molar-refractivity contribution in [2.24, 2.45) is 11.3 Å². The maximum absolute atomic E-state index is 13.8. The van der Waals surface area contributed by atoms with Crippen molar-refractivity contribution in [1.82, 2.24) is 0 Å². The lowest BCUT2D eigenvalue weighted by molar-refractivity contribution is -0.135. The number of carbonyl (C=O) groups excluding carboxylic acids is 2. The van der Waals surface area contributed by atoms with Crippen LogP contribution in [0.3, 0.4) is 0 Å². The molecular weight excluding hydrogens is 405 g/mol. The second-order valence-electron chi connectivity index (χ2n) is 8.96. The number of amides is 1. The summed E-state index contributed by atoms with van der Waals surface area (Å²) >= 11 is 12.5. The Hall–Kier alpha value is -1.84. The molecule has 2 aromatic carbocycles. The summed E-state index contributed by atoms with van der Waals surface area (Å²) < 4.78 is 0. The number of rotatable bonds is 3. The summed E-state index contributed by atoms with van der Waals surface area (Å²) in [4.78, 5) is 26.7. The highest BCUT2D eigenvalue weighted by Crippen LogP contribution is 2.61. The van der Waals surface area contributed by atoms with Gasteiger partial charge >= 0.3 is 0 Å². The maximum Gasteiger partial charge on any atom is 0.236 e. The summed E-state index contributed by atoms with van der Waals surface area (Å²) in [5.41, 5.74) is 1.58. The van der Waals surface area contributed by atoms with E-state index in [0.29, 0.717) is 22.9 Å². The van der Waals surface area contributed by atoms with Crippen molar-refractivity contribution in [3.8, 4) is 0 Å². The zero-order valence-electron chi connectivity index (χ0n) is 16.9. The van der Waals surface area contributed by atoms with Crippen LogP contribution in [0.25, 0.3) is 0 Å². The van der Waals surface area contributed by atoms with Crippen LogP contribution < -0.4 is 5.32 Å². The molecular formula is C24H25Cl2NO2. The number of ketones is 1. The van der Waals surface area contributed by atoms with Crippen molar-refractivity contribution in [1.29, 1.82) is 0 Å². The highest BCUT2D eigenvalue weighted by Gasteiger charge is 2.63. The Bertz CT molecular complexity index is 1000. The molecule has 152 valence electrons. The van der Waals surface area contributed by atoms with E-state index in [9.17, 15) is 9.59 Å². The Morgan fingerprint density at radius 3 is 2.48 bits per heavy atom. The summed E-state index contributed by atoms with van der Waals surface area (Å²) in [5.74, 6) is -0.255. The van der Waals surface area contributed by atoms with E-state index in [1.165, 1.54) is 0 Å². The van der Waals surface area contributed by atoms with E-state index in [1.807, 2.05) is 42.5 Å². The quantitative estimate of drug-likeness (QED) is 0.614. The topological polar surface area (TPSA) is 46.2 Å². The molecule has 1 aliphatic heterocycles. The normalized spacial score (nSPS) is 26.5. The minimum Gasteiger partial charge on any atom is -0.325 e. The third-order valence-electron chi connectivity index (χ3n) is 7.12. The van der Waals surface area contributed by atoms with Gasteiger partial charge in [0, 0.05) is 34.5 Å². The van der Waals surface area contributed by atoms with Gasteiger partial charge in [0.2, 0.25) is 5.91 Å². The minimum absolute atomic E-state index is 0.0428. The smallest absolute Gasteiger partial charge is 0.236 e. The van der Waals surface area contributed by atoms with Crippen LogP contribution in [0, 0.1) is 11.3 Å².